The molecule has 0 bridgehead atoms. The Morgan fingerprint density at radius 3 is 2.40 bits per heavy atom. The van der Waals surface area contributed by atoms with Gasteiger partial charge in [-0.05, 0) is 13.0 Å². The van der Waals surface area contributed by atoms with E-state index >= 15 is 0 Å². The molecule has 15 heavy (non-hydrogen) atoms. The van der Waals surface area contributed by atoms with Crippen LogP contribution in [-0.4, -0.2) is 46.2 Å². The van der Waals surface area contributed by atoms with Gasteiger partial charge in [-0.15, -0.1) is 12.4 Å². The molecule has 0 aromatic rings. The largest absolute Gasteiger partial charge is 0.388 e. The number of halogens is 1. The zero-order chi connectivity index (χ0) is 10.6. The van der Waals surface area contributed by atoms with Crippen LogP contribution in [0.15, 0.2) is 12.2 Å². The normalized spacial score (nSPS) is 34.9. The minimum atomic E-state index is -1.08. The molecule has 4 N–H and O–H groups in total. The number of unbranched alkanes of at least 4 members (excludes halogenated alkanes) is 1. The molecule has 0 unspecified atom stereocenters. The minimum Gasteiger partial charge on any atom is -0.388 e. The average molecular weight is 238 g/mol. The van der Waals surface area contributed by atoms with E-state index in [1.54, 1.807) is 6.08 Å². The fraction of sp³-hybridized carbons (Fsp3) is 0.800. The summed E-state index contributed by atoms with van der Waals surface area (Å²) in [4.78, 5) is 0. The van der Waals surface area contributed by atoms with E-state index in [9.17, 15) is 15.3 Å². The van der Waals surface area contributed by atoms with Crippen LogP contribution in [0, 0.1) is 0 Å². The molecule has 0 aromatic carbocycles. The maximum atomic E-state index is 9.58. The van der Waals surface area contributed by atoms with Gasteiger partial charge in [0.2, 0.25) is 0 Å². The van der Waals surface area contributed by atoms with Gasteiger partial charge in [0.05, 0.1) is 6.04 Å². The second-order valence-corrected chi connectivity index (χ2v) is 3.69. The SMILES string of the molecule is CCCCN[C@H]1C=C[C@@H](O)[C@@H](O)[C@@H]1O.Cl. The highest BCUT2D eigenvalue weighted by molar-refractivity contribution is 5.85. The second kappa shape index (κ2) is 7.19. The molecule has 0 spiro atoms. The lowest BCUT2D eigenvalue weighted by Crippen LogP contribution is -2.52. The van der Waals surface area contributed by atoms with Crippen molar-refractivity contribution in [2.45, 2.75) is 44.1 Å². The van der Waals surface area contributed by atoms with E-state index in [0.717, 1.165) is 19.4 Å². The summed E-state index contributed by atoms with van der Waals surface area (Å²) in [6, 6.07) is -0.250. The summed E-state index contributed by atoms with van der Waals surface area (Å²) < 4.78 is 0. The summed E-state index contributed by atoms with van der Waals surface area (Å²) in [7, 11) is 0. The molecule has 0 aliphatic heterocycles. The lowest BCUT2D eigenvalue weighted by molar-refractivity contribution is -0.0564. The maximum absolute atomic E-state index is 9.58. The van der Waals surface area contributed by atoms with E-state index in [0.29, 0.717) is 0 Å². The zero-order valence-corrected chi connectivity index (χ0v) is 9.65. The molecule has 0 saturated carbocycles. The van der Waals surface area contributed by atoms with Crippen molar-refractivity contribution in [1.29, 1.82) is 0 Å². The van der Waals surface area contributed by atoms with Crippen molar-refractivity contribution in [3.05, 3.63) is 12.2 Å². The summed E-state index contributed by atoms with van der Waals surface area (Å²) in [6.45, 7) is 2.90. The van der Waals surface area contributed by atoms with Gasteiger partial charge in [-0.25, -0.2) is 0 Å². The zero-order valence-electron chi connectivity index (χ0n) is 8.84. The number of aliphatic hydroxyl groups excluding tert-OH is 3. The highest BCUT2D eigenvalue weighted by Gasteiger charge is 2.32. The van der Waals surface area contributed by atoms with Gasteiger partial charge < -0.3 is 20.6 Å². The van der Waals surface area contributed by atoms with Crippen LogP contribution in [0.4, 0.5) is 0 Å². The molecule has 4 nitrogen and oxygen atoms in total. The fourth-order valence-electron chi connectivity index (χ4n) is 1.51. The topological polar surface area (TPSA) is 72.7 Å². The number of hydrogen-bond donors (Lipinski definition) is 4. The van der Waals surface area contributed by atoms with Crippen LogP contribution in [0.25, 0.3) is 0 Å². The van der Waals surface area contributed by atoms with Gasteiger partial charge in [-0.1, -0.05) is 25.5 Å². The number of aliphatic hydroxyl groups is 3. The lowest BCUT2D eigenvalue weighted by Gasteiger charge is -2.31. The average Bonchev–Trinajstić information content (AvgIpc) is 2.18. The molecular formula is C10H20ClNO3. The molecule has 1 aliphatic rings. The molecule has 1 rings (SSSR count). The number of nitrogens with one attached hydrogen (secondary N) is 1. The summed E-state index contributed by atoms with van der Waals surface area (Å²) in [5.74, 6) is 0. The molecule has 5 heteroatoms. The molecule has 1 aliphatic carbocycles. The van der Waals surface area contributed by atoms with Crippen LogP contribution in [0.5, 0.6) is 0 Å². The Labute approximate surface area is 96.4 Å². The van der Waals surface area contributed by atoms with Crippen molar-refractivity contribution in [2.75, 3.05) is 6.54 Å². The first-order valence-electron chi connectivity index (χ1n) is 5.12. The Kier molecular flexibility index (Phi) is 7.13. The fourth-order valence-corrected chi connectivity index (χ4v) is 1.51. The van der Waals surface area contributed by atoms with Crippen molar-refractivity contribution in [1.82, 2.24) is 5.32 Å². The van der Waals surface area contributed by atoms with Crippen LogP contribution < -0.4 is 5.32 Å². The molecular weight excluding hydrogens is 218 g/mol. The first kappa shape index (κ1) is 14.9. The van der Waals surface area contributed by atoms with Gasteiger partial charge in [0, 0.05) is 0 Å². The minimum absolute atomic E-state index is 0. The first-order valence-corrected chi connectivity index (χ1v) is 5.12. The van der Waals surface area contributed by atoms with Crippen molar-refractivity contribution >= 4 is 12.4 Å². The van der Waals surface area contributed by atoms with Gasteiger partial charge in [0.1, 0.15) is 18.3 Å². The monoisotopic (exact) mass is 237 g/mol. The third kappa shape index (κ3) is 4.09. The third-order valence-electron chi connectivity index (χ3n) is 2.49. The summed E-state index contributed by atoms with van der Waals surface area (Å²) >= 11 is 0. The van der Waals surface area contributed by atoms with Gasteiger partial charge in [-0.2, -0.15) is 0 Å². The van der Waals surface area contributed by atoms with Crippen molar-refractivity contribution < 1.29 is 15.3 Å². The Bertz CT molecular complexity index is 201. The van der Waals surface area contributed by atoms with E-state index in [-0.39, 0.29) is 18.4 Å². The van der Waals surface area contributed by atoms with E-state index in [4.69, 9.17) is 0 Å². The standard InChI is InChI=1S/C10H19NO3.ClH/c1-2-3-6-11-7-4-5-8(12)10(14)9(7)13;/h4-5,7-14H,2-3,6H2,1H3;1H/t7-,8+,9+,10+;/m0./s1. The predicted molar refractivity (Wildman–Crippen MR) is 61.1 cm³/mol. The lowest BCUT2D eigenvalue weighted by atomic mass is 9.94. The van der Waals surface area contributed by atoms with E-state index < -0.39 is 18.3 Å². The Morgan fingerprint density at radius 2 is 1.80 bits per heavy atom. The van der Waals surface area contributed by atoms with Crippen molar-refractivity contribution in [2.24, 2.45) is 0 Å². The first-order chi connectivity index (χ1) is 6.66. The van der Waals surface area contributed by atoms with Gasteiger partial charge >= 0.3 is 0 Å². The van der Waals surface area contributed by atoms with Crippen LogP contribution in [0.3, 0.4) is 0 Å². The number of rotatable bonds is 4. The van der Waals surface area contributed by atoms with Crippen LogP contribution in [-0.2, 0) is 0 Å². The molecule has 4 atom stereocenters. The third-order valence-corrected chi connectivity index (χ3v) is 2.49. The van der Waals surface area contributed by atoms with Crippen molar-refractivity contribution in [3.8, 4) is 0 Å². The molecule has 90 valence electrons. The van der Waals surface area contributed by atoms with Gasteiger partial charge in [-0.3, -0.25) is 0 Å². The van der Waals surface area contributed by atoms with E-state index in [2.05, 4.69) is 12.2 Å². The number of hydrogen-bond acceptors (Lipinski definition) is 4. The molecule has 0 amide bonds. The molecule has 0 fully saturated rings. The van der Waals surface area contributed by atoms with E-state index in [1.165, 1.54) is 6.08 Å². The highest BCUT2D eigenvalue weighted by atomic mass is 35.5. The van der Waals surface area contributed by atoms with Crippen LogP contribution >= 0.6 is 12.4 Å². The highest BCUT2D eigenvalue weighted by Crippen LogP contribution is 2.13. The quantitative estimate of drug-likeness (QED) is 0.404. The van der Waals surface area contributed by atoms with Crippen molar-refractivity contribution in [3.63, 3.8) is 0 Å². The smallest absolute Gasteiger partial charge is 0.111 e. The van der Waals surface area contributed by atoms with Crippen LogP contribution in [0.2, 0.25) is 0 Å². The predicted octanol–water partition coefficient (Wildman–Crippen LogP) is -0.181. The summed E-state index contributed by atoms with van der Waals surface area (Å²) in [5.41, 5.74) is 0. The summed E-state index contributed by atoms with van der Waals surface area (Å²) in [6.07, 6.45) is 2.39. The van der Waals surface area contributed by atoms with E-state index in [1.807, 2.05) is 0 Å². The van der Waals surface area contributed by atoms with Crippen LogP contribution in [0.1, 0.15) is 19.8 Å². The second-order valence-electron chi connectivity index (χ2n) is 3.69. The molecule has 0 aromatic heterocycles. The Hall–Kier alpha value is -0.130. The molecule has 0 saturated heterocycles. The Morgan fingerprint density at radius 1 is 1.13 bits per heavy atom. The Balaban J connectivity index is 0.00000196. The van der Waals surface area contributed by atoms with Gasteiger partial charge in [0.15, 0.2) is 0 Å². The summed E-state index contributed by atoms with van der Waals surface area (Å²) in [5, 5.41) is 31.3. The maximum Gasteiger partial charge on any atom is 0.111 e. The molecule has 0 radical (unpaired) electrons. The molecule has 0 heterocycles. The van der Waals surface area contributed by atoms with Gasteiger partial charge in [0.25, 0.3) is 0 Å².